The third-order valence-electron chi connectivity index (χ3n) is 3.67. The Bertz CT molecular complexity index is 413. The normalized spacial score (nSPS) is 19.6. The van der Waals surface area contributed by atoms with Crippen LogP contribution in [0.4, 0.5) is 0 Å². The monoisotopic (exact) mass is 233 g/mol. The van der Waals surface area contributed by atoms with E-state index in [1.807, 2.05) is 6.92 Å². The zero-order valence-electron chi connectivity index (χ0n) is 10.3. The molecule has 1 aliphatic heterocycles. The lowest BCUT2D eigenvalue weighted by molar-refractivity contribution is 0.320. The number of fused-ring (bicyclic) bond motifs is 1. The number of aromatic nitrogens is 2. The molecule has 1 aromatic rings. The van der Waals surface area contributed by atoms with E-state index >= 15 is 0 Å². The van der Waals surface area contributed by atoms with Gasteiger partial charge in [0, 0.05) is 19.0 Å². The van der Waals surface area contributed by atoms with Crippen molar-refractivity contribution in [2.75, 3.05) is 6.61 Å². The highest BCUT2D eigenvalue weighted by Gasteiger charge is 2.25. The Kier molecular flexibility index (Phi) is 2.97. The molecule has 0 unspecified atom stereocenters. The van der Waals surface area contributed by atoms with E-state index in [9.17, 15) is 0 Å². The number of hydrogen-bond donors (Lipinski definition) is 1. The van der Waals surface area contributed by atoms with Crippen LogP contribution in [0.15, 0.2) is 0 Å². The Hall–Kier alpha value is -1.16. The Morgan fingerprint density at radius 2 is 2.06 bits per heavy atom. The molecule has 0 spiro atoms. The zero-order chi connectivity index (χ0) is 11.7. The van der Waals surface area contributed by atoms with Crippen molar-refractivity contribution >= 4 is 0 Å². The van der Waals surface area contributed by atoms with Crippen LogP contribution >= 0.6 is 0 Å². The molecule has 92 valence electrons. The van der Waals surface area contributed by atoms with Crippen LogP contribution in [0.5, 0.6) is 5.88 Å². The number of hydrogen-bond acceptors (Lipinski definition) is 4. The molecule has 1 saturated carbocycles. The number of rotatable bonds is 3. The van der Waals surface area contributed by atoms with Crippen molar-refractivity contribution in [3.63, 3.8) is 0 Å². The minimum absolute atomic E-state index is 0.556. The topological polar surface area (TPSA) is 47.0 Å². The Morgan fingerprint density at radius 1 is 1.24 bits per heavy atom. The maximum absolute atomic E-state index is 5.66. The van der Waals surface area contributed by atoms with Gasteiger partial charge in [0.1, 0.15) is 5.82 Å². The van der Waals surface area contributed by atoms with Crippen molar-refractivity contribution in [2.24, 2.45) is 0 Å². The summed E-state index contributed by atoms with van der Waals surface area (Å²) in [5.41, 5.74) is 2.30. The van der Waals surface area contributed by atoms with Gasteiger partial charge in [0.25, 0.3) is 0 Å². The largest absolute Gasteiger partial charge is 0.478 e. The minimum Gasteiger partial charge on any atom is -0.478 e. The SMILES string of the molecule is CCOc1nc(C2CCCC2)nc2c1CNC2. The van der Waals surface area contributed by atoms with Crippen LogP contribution in [-0.2, 0) is 13.1 Å². The molecule has 2 aliphatic rings. The van der Waals surface area contributed by atoms with Crippen LogP contribution < -0.4 is 10.1 Å². The highest BCUT2D eigenvalue weighted by Crippen LogP contribution is 2.34. The molecule has 0 saturated heterocycles. The maximum atomic E-state index is 5.66. The van der Waals surface area contributed by atoms with Gasteiger partial charge in [-0.15, -0.1) is 0 Å². The van der Waals surface area contributed by atoms with Gasteiger partial charge in [-0.1, -0.05) is 12.8 Å². The van der Waals surface area contributed by atoms with E-state index in [-0.39, 0.29) is 0 Å². The van der Waals surface area contributed by atoms with Crippen molar-refractivity contribution in [3.8, 4) is 5.88 Å². The highest BCUT2D eigenvalue weighted by atomic mass is 16.5. The van der Waals surface area contributed by atoms with Crippen molar-refractivity contribution in [3.05, 3.63) is 17.1 Å². The molecule has 1 N–H and O–H groups in total. The molecule has 2 heterocycles. The van der Waals surface area contributed by atoms with Gasteiger partial charge in [0.2, 0.25) is 5.88 Å². The summed E-state index contributed by atoms with van der Waals surface area (Å²) >= 11 is 0. The van der Waals surface area contributed by atoms with Gasteiger partial charge in [-0.05, 0) is 19.8 Å². The molecule has 0 atom stereocenters. The molecular weight excluding hydrogens is 214 g/mol. The van der Waals surface area contributed by atoms with Gasteiger partial charge in [0.05, 0.1) is 17.9 Å². The zero-order valence-corrected chi connectivity index (χ0v) is 10.3. The van der Waals surface area contributed by atoms with Crippen LogP contribution in [0.2, 0.25) is 0 Å². The molecular formula is C13H19N3O. The summed E-state index contributed by atoms with van der Waals surface area (Å²) in [6.45, 7) is 4.38. The van der Waals surface area contributed by atoms with E-state index < -0.39 is 0 Å². The summed E-state index contributed by atoms with van der Waals surface area (Å²) in [6.07, 6.45) is 5.09. The Morgan fingerprint density at radius 3 is 2.82 bits per heavy atom. The Balaban J connectivity index is 1.96. The third-order valence-corrected chi connectivity index (χ3v) is 3.67. The third kappa shape index (κ3) is 2.02. The molecule has 0 bridgehead atoms. The van der Waals surface area contributed by atoms with Crippen LogP contribution in [0, 0.1) is 0 Å². The van der Waals surface area contributed by atoms with Crippen molar-refractivity contribution in [2.45, 2.75) is 51.6 Å². The lowest BCUT2D eigenvalue weighted by atomic mass is 10.1. The second-order valence-electron chi connectivity index (χ2n) is 4.83. The van der Waals surface area contributed by atoms with Gasteiger partial charge in [-0.2, -0.15) is 4.98 Å². The first-order chi connectivity index (χ1) is 8.38. The highest BCUT2D eigenvalue weighted by molar-refractivity contribution is 5.34. The van der Waals surface area contributed by atoms with Gasteiger partial charge >= 0.3 is 0 Å². The number of nitrogens with zero attached hydrogens (tertiary/aromatic N) is 2. The molecule has 3 rings (SSSR count). The van der Waals surface area contributed by atoms with Crippen LogP contribution in [0.3, 0.4) is 0 Å². The first-order valence-corrected chi connectivity index (χ1v) is 6.61. The van der Waals surface area contributed by atoms with Gasteiger partial charge in [-0.25, -0.2) is 4.98 Å². The van der Waals surface area contributed by atoms with E-state index in [1.165, 1.54) is 25.7 Å². The molecule has 0 amide bonds. The summed E-state index contributed by atoms with van der Waals surface area (Å²) < 4.78 is 5.66. The molecule has 1 fully saturated rings. The van der Waals surface area contributed by atoms with Gasteiger partial charge in [-0.3, -0.25) is 0 Å². The van der Waals surface area contributed by atoms with Crippen LogP contribution in [0.1, 0.15) is 55.6 Å². The van der Waals surface area contributed by atoms with E-state index in [1.54, 1.807) is 0 Å². The van der Waals surface area contributed by atoms with Gasteiger partial charge in [0.15, 0.2) is 0 Å². The van der Waals surface area contributed by atoms with Crippen molar-refractivity contribution < 1.29 is 4.74 Å². The summed E-state index contributed by atoms with van der Waals surface area (Å²) in [4.78, 5) is 9.37. The fourth-order valence-corrected chi connectivity index (χ4v) is 2.78. The molecule has 17 heavy (non-hydrogen) atoms. The van der Waals surface area contributed by atoms with E-state index in [0.29, 0.717) is 12.5 Å². The molecule has 0 radical (unpaired) electrons. The second kappa shape index (κ2) is 4.61. The molecule has 4 nitrogen and oxygen atoms in total. The van der Waals surface area contributed by atoms with E-state index in [0.717, 1.165) is 36.1 Å². The predicted octanol–water partition coefficient (Wildman–Crippen LogP) is 2.14. The predicted molar refractivity (Wildman–Crippen MR) is 65.0 cm³/mol. The molecule has 4 heteroatoms. The maximum Gasteiger partial charge on any atom is 0.221 e. The molecule has 1 aromatic heterocycles. The molecule has 0 aromatic carbocycles. The summed E-state index contributed by atoms with van der Waals surface area (Å²) in [6, 6.07) is 0. The fraction of sp³-hybridized carbons (Fsp3) is 0.692. The smallest absolute Gasteiger partial charge is 0.221 e. The lowest BCUT2D eigenvalue weighted by Gasteiger charge is -2.13. The fourth-order valence-electron chi connectivity index (χ4n) is 2.78. The standard InChI is InChI=1S/C13H19N3O/c1-2-17-13-10-7-14-8-11(10)15-12(16-13)9-5-3-4-6-9/h9,14H,2-8H2,1H3. The van der Waals surface area contributed by atoms with E-state index in [2.05, 4.69) is 10.3 Å². The van der Waals surface area contributed by atoms with Crippen LogP contribution in [0.25, 0.3) is 0 Å². The quantitative estimate of drug-likeness (QED) is 0.869. The first-order valence-electron chi connectivity index (χ1n) is 6.61. The summed E-state index contributed by atoms with van der Waals surface area (Å²) in [7, 11) is 0. The lowest BCUT2D eigenvalue weighted by Crippen LogP contribution is -2.08. The molecule has 1 aliphatic carbocycles. The summed E-state index contributed by atoms with van der Waals surface area (Å²) in [5.74, 6) is 2.37. The van der Waals surface area contributed by atoms with Crippen molar-refractivity contribution in [1.82, 2.24) is 15.3 Å². The van der Waals surface area contributed by atoms with Gasteiger partial charge < -0.3 is 10.1 Å². The van der Waals surface area contributed by atoms with Crippen molar-refractivity contribution in [1.29, 1.82) is 0 Å². The average Bonchev–Trinajstić information content (AvgIpc) is 3.00. The average molecular weight is 233 g/mol. The number of ether oxygens (including phenoxy) is 1. The Labute approximate surface area is 102 Å². The first kappa shape index (κ1) is 11.0. The minimum atomic E-state index is 0.556. The van der Waals surface area contributed by atoms with Crippen LogP contribution in [-0.4, -0.2) is 16.6 Å². The van der Waals surface area contributed by atoms with E-state index in [4.69, 9.17) is 9.72 Å². The second-order valence-corrected chi connectivity index (χ2v) is 4.83. The number of nitrogens with one attached hydrogen (secondary N) is 1. The summed E-state index contributed by atoms with van der Waals surface area (Å²) in [5, 5.41) is 3.32.